The summed E-state index contributed by atoms with van der Waals surface area (Å²) in [5.41, 5.74) is 8.36. The van der Waals surface area contributed by atoms with Crippen LogP contribution in [-0.4, -0.2) is 59.8 Å². The molecule has 9 heterocycles. The lowest BCUT2D eigenvalue weighted by atomic mass is 10.2. The van der Waals surface area contributed by atoms with Crippen LogP contribution < -0.4 is 0 Å². The molecule has 0 aliphatic rings. The molecule has 18 heteroatoms. The summed E-state index contributed by atoms with van der Waals surface area (Å²) in [6.45, 7) is 74.1. The molecule has 0 saturated heterocycles. The number of aromatic amines is 3. The van der Waals surface area contributed by atoms with E-state index in [0.717, 1.165) is 23.2 Å². The molecule has 0 bridgehead atoms. The van der Waals surface area contributed by atoms with Crippen LogP contribution in [-0.2, 0) is 0 Å². The van der Waals surface area contributed by atoms with E-state index in [1.165, 1.54) is 39.8 Å². The molecular formula is C72H138N12O3S3. The third kappa shape index (κ3) is 62.3. The summed E-state index contributed by atoms with van der Waals surface area (Å²) in [6.07, 6.45) is 24.1. The number of thiazole rings is 3. The molecule has 0 spiro atoms. The topological polar surface area (TPSA) is 203 Å². The summed E-state index contributed by atoms with van der Waals surface area (Å²) in [4.78, 5) is 46.2. The second-order valence-corrected chi connectivity index (χ2v) is 21.3. The Labute approximate surface area is 565 Å². The number of H-pyrrole nitrogens is 3. The van der Waals surface area contributed by atoms with Gasteiger partial charge in [0.25, 0.3) is 0 Å². The van der Waals surface area contributed by atoms with Crippen LogP contribution in [0.15, 0.2) is 123 Å². The zero-order valence-corrected chi connectivity index (χ0v) is 66.5. The summed E-state index contributed by atoms with van der Waals surface area (Å²) in [5, 5.41) is 5.32. The van der Waals surface area contributed by atoms with Crippen LogP contribution in [0.3, 0.4) is 0 Å². The first-order valence-electron chi connectivity index (χ1n) is 33.5. The molecule has 0 aliphatic carbocycles. The first-order chi connectivity index (χ1) is 43.2. The van der Waals surface area contributed by atoms with Crippen molar-refractivity contribution in [3.63, 3.8) is 0 Å². The van der Waals surface area contributed by atoms with E-state index < -0.39 is 0 Å². The number of rotatable bonds is 9. The van der Waals surface area contributed by atoms with E-state index in [1.54, 1.807) is 77.8 Å². The molecule has 3 N–H and O–H groups in total. The second-order valence-electron chi connectivity index (χ2n) is 18.8. The predicted octanol–water partition coefficient (Wildman–Crippen LogP) is 26.0. The Bertz CT molecular complexity index is 1850. The van der Waals surface area contributed by atoms with Crippen LogP contribution >= 0.6 is 34.0 Å². The number of nitrogens with zero attached hydrogens (tertiary/aromatic N) is 9. The Balaban J connectivity index is -0.000000113. The number of nitrogens with one attached hydrogen (secondary N) is 3. The Morgan fingerprint density at radius 1 is 0.389 bits per heavy atom. The molecular weight excluding hydrogens is 1180 g/mol. The van der Waals surface area contributed by atoms with Crippen LogP contribution in [0.1, 0.15) is 353 Å². The fourth-order valence-corrected chi connectivity index (χ4v) is 6.84. The largest absolute Gasteiger partial charge is 0.451 e. The molecule has 0 radical (unpaired) electrons. The van der Waals surface area contributed by atoms with Gasteiger partial charge >= 0.3 is 0 Å². The molecule has 0 saturated carbocycles. The smallest absolute Gasteiger partial charge is 0.196 e. The van der Waals surface area contributed by atoms with Crippen molar-refractivity contribution in [3.05, 3.63) is 159 Å². The minimum absolute atomic E-state index is 0.407. The zero-order chi connectivity index (χ0) is 71.8. The van der Waals surface area contributed by atoms with E-state index in [9.17, 15) is 0 Å². The van der Waals surface area contributed by atoms with Gasteiger partial charge in [-0.2, -0.15) is 0 Å². The molecule has 0 unspecified atom stereocenters. The van der Waals surface area contributed by atoms with Gasteiger partial charge in [-0.15, -0.1) is 34.0 Å². The van der Waals surface area contributed by atoms with Crippen LogP contribution in [0.5, 0.6) is 0 Å². The monoisotopic (exact) mass is 1320 g/mol. The molecule has 90 heavy (non-hydrogen) atoms. The van der Waals surface area contributed by atoms with Gasteiger partial charge in [-0.3, -0.25) is 4.98 Å². The normalized spacial score (nSPS) is 8.90. The first-order valence-corrected chi connectivity index (χ1v) is 36.2. The molecule has 15 nitrogen and oxygen atoms in total. The van der Waals surface area contributed by atoms with Gasteiger partial charge in [-0.1, -0.05) is 249 Å². The first kappa shape index (κ1) is 103. The molecule has 0 aromatic carbocycles. The van der Waals surface area contributed by atoms with Crippen LogP contribution in [0.2, 0.25) is 0 Å². The van der Waals surface area contributed by atoms with Crippen LogP contribution in [0.4, 0.5) is 0 Å². The van der Waals surface area contributed by atoms with Crippen molar-refractivity contribution in [3.8, 4) is 0 Å². The lowest BCUT2D eigenvalue weighted by Gasteiger charge is -1.95. The maximum absolute atomic E-state index is 4.98. The Hall–Kier alpha value is -5.85. The highest BCUT2D eigenvalue weighted by atomic mass is 32.1. The lowest BCUT2D eigenvalue weighted by molar-refractivity contribution is 0.471. The van der Waals surface area contributed by atoms with Crippen molar-refractivity contribution in [2.24, 2.45) is 0 Å². The van der Waals surface area contributed by atoms with Crippen molar-refractivity contribution in [1.82, 2.24) is 59.8 Å². The quantitative estimate of drug-likeness (QED) is 0.124. The lowest BCUT2D eigenvalue weighted by Crippen LogP contribution is -1.87. The van der Waals surface area contributed by atoms with E-state index in [1.807, 2.05) is 186 Å². The van der Waals surface area contributed by atoms with E-state index in [2.05, 4.69) is 176 Å². The number of hydrogen-bond donors (Lipinski definition) is 3. The summed E-state index contributed by atoms with van der Waals surface area (Å²) in [7, 11) is 0. The Morgan fingerprint density at radius 2 is 0.911 bits per heavy atom. The Morgan fingerprint density at radius 3 is 1.09 bits per heavy atom. The molecule has 0 fully saturated rings. The number of imidazole rings is 3. The van der Waals surface area contributed by atoms with Crippen molar-refractivity contribution in [2.75, 3.05) is 0 Å². The standard InChI is InChI=1S/3C6H10N2.3C6H9NO.3C6H9NS.9C2H6/c2*1-5(2)6-3-7-4-8-6;1-5(2)6-7-3-4-8-6;1-5(2)6-3-8-4-7-6;1-5(2)6-3-7-4-8-6;1-5(2)6-7-3-4-8-6;1-5(2)6-3-8-4-7-6;1-5(2)6-3-7-4-8-6;1-5(2)6-7-3-4-8-6;9*1-2/h3*3-5H,1-2H3,(H,7,8);6*3-5H,1-2H3;9*1-2H3. The minimum atomic E-state index is 0.407. The van der Waals surface area contributed by atoms with Gasteiger partial charge in [0, 0.05) is 87.9 Å². The molecule has 0 amide bonds. The van der Waals surface area contributed by atoms with E-state index in [4.69, 9.17) is 13.3 Å². The maximum Gasteiger partial charge on any atom is 0.196 e. The third-order valence-electron chi connectivity index (χ3n) is 9.37. The van der Waals surface area contributed by atoms with E-state index in [-0.39, 0.29) is 0 Å². The average Bonchev–Trinajstić information content (AvgIpc) is 4.50. The van der Waals surface area contributed by atoms with E-state index >= 15 is 0 Å². The molecule has 0 aliphatic heterocycles. The minimum Gasteiger partial charge on any atom is -0.451 e. The summed E-state index contributed by atoms with van der Waals surface area (Å²) in [5.74, 6) is 7.63. The number of aromatic nitrogens is 12. The van der Waals surface area contributed by atoms with Crippen molar-refractivity contribution >= 4 is 34.0 Å². The highest BCUT2D eigenvalue weighted by Gasteiger charge is 2.03. The molecule has 9 rings (SSSR count). The summed E-state index contributed by atoms with van der Waals surface area (Å²) in [6, 6.07) is 0. The van der Waals surface area contributed by atoms with Crippen molar-refractivity contribution < 1.29 is 13.3 Å². The maximum atomic E-state index is 4.98. The van der Waals surface area contributed by atoms with Crippen LogP contribution in [0.25, 0.3) is 0 Å². The molecule has 522 valence electrons. The highest BCUT2D eigenvalue weighted by Crippen LogP contribution is 2.18. The van der Waals surface area contributed by atoms with Gasteiger partial charge in [0.05, 0.1) is 52.5 Å². The van der Waals surface area contributed by atoms with Gasteiger partial charge in [0.15, 0.2) is 18.7 Å². The molecule has 9 aromatic rings. The summed E-state index contributed by atoms with van der Waals surface area (Å²) < 4.78 is 14.7. The molecule has 9 aromatic heterocycles. The number of oxazole rings is 3. The van der Waals surface area contributed by atoms with Gasteiger partial charge in [0.1, 0.15) is 24.1 Å². The van der Waals surface area contributed by atoms with Gasteiger partial charge in [-0.05, 0) is 29.6 Å². The van der Waals surface area contributed by atoms with Gasteiger partial charge in [-0.25, -0.2) is 39.9 Å². The number of hydrogen-bond acceptors (Lipinski definition) is 15. The van der Waals surface area contributed by atoms with Crippen molar-refractivity contribution in [1.29, 1.82) is 0 Å². The van der Waals surface area contributed by atoms with Gasteiger partial charge < -0.3 is 28.2 Å². The highest BCUT2D eigenvalue weighted by molar-refractivity contribution is 7.09. The van der Waals surface area contributed by atoms with Gasteiger partial charge in [0.2, 0.25) is 0 Å². The SMILES string of the molecule is CC.CC.CC.CC.CC.CC.CC.CC.CC.CC(C)c1cnc[nH]1.CC(C)c1cnc[nH]1.CC(C)c1cnco1.CC(C)c1cncs1.CC(C)c1cocn1.CC(C)c1cscn1.CC(C)c1ncc[nH]1.CC(C)c1ncco1.CC(C)c1nccs1. The predicted molar refractivity (Wildman–Crippen MR) is 401 cm³/mol. The van der Waals surface area contributed by atoms with E-state index in [0.29, 0.717) is 53.3 Å². The average molecular weight is 1320 g/mol. The molecule has 0 atom stereocenters. The third-order valence-corrected chi connectivity index (χ3v) is 12.1. The zero-order valence-electron chi connectivity index (χ0n) is 64.1. The fourth-order valence-electron chi connectivity index (χ4n) is 4.83. The second kappa shape index (κ2) is 79.2. The summed E-state index contributed by atoms with van der Waals surface area (Å²) >= 11 is 5.10. The van der Waals surface area contributed by atoms with Crippen LogP contribution in [0, 0.1) is 0 Å². The Kier molecular flexibility index (Phi) is 90.7. The van der Waals surface area contributed by atoms with Crippen molar-refractivity contribution in [2.45, 2.75) is 303 Å². The fraction of sp³-hybridized carbons (Fsp3) is 0.625.